The van der Waals surface area contributed by atoms with E-state index in [0.717, 1.165) is 22.6 Å². The molecule has 0 saturated heterocycles. The Morgan fingerprint density at radius 1 is 1.32 bits per heavy atom. The third-order valence-corrected chi connectivity index (χ3v) is 4.85. The molecule has 3 rings (SSSR count). The first kappa shape index (κ1) is 17.4. The average molecular weight is 362 g/mol. The number of nitrogens with zero attached hydrogens (tertiary/aromatic N) is 4. The van der Waals surface area contributed by atoms with E-state index in [1.165, 1.54) is 0 Å². The van der Waals surface area contributed by atoms with Crippen molar-refractivity contribution in [1.82, 2.24) is 15.0 Å². The van der Waals surface area contributed by atoms with Crippen molar-refractivity contribution in [3.8, 4) is 5.75 Å². The monoisotopic (exact) mass is 361 g/mol. The van der Waals surface area contributed by atoms with Crippen LogP contribution in [-0.2, 0) is 16.8 Å². The number of nitrogens with two attached hydrogens (primary N) is 1. The van der Waals surface area contributed by atoms with Crippen LogP contribution in [0.15, 0.2) is 6.20 Å². The van der Waals surface area contributed by atoms with Crippen LogP contribution < -0.4 is 15.4 Å². The first-order valence-corrected chi connectivity index (χ1v) is 8.20. The number of nitrogen functional groups attached to an aromatic ring is 1. The lowest BCUT2D eigenvalue weighted by molar-refractivity contribution is -0.122. The van der Waals surface area contributed by atoms with E-state index in [2.05, 4.69) is 15.0 Å². The number of hydrogen-bond donors (Lipinski definition) is 1. The van der Waals surface area contributed by atoms with E-state index in [1.54, 1.807) is 32.1 Å². The van der Waals surface area contributed by atoms with Gasteiger partial charge in [-0.15, -0.1) is 0 Å². The van der Waals surface area contributed by atoms with Gasteiger partial charge in [0.25, 0.3) is 0 Å². The summed E-state index contributed by atoms with van der Waals surface area (Å²) in [4.78, 5) is 27.3. The van der Waals surface area contributed by atoms with Crippen LogP contribution in [0.2, 0.25) is 5.15 Å². The largest absolute Gasteiger partial charge is 0.496 e. The number of halogens is 1. The smallest absolute Gasteiger partial charge is 0.238 e. The van der Waals surface area contributed by atoms with Crippen LogP contribution >= 0.6 is 11.6 Å². The van der Waals surface area contributed by atoms with Crippen molar-refractivity contribution in [2.45, 2.75) is 39.7 Å². The van der Waals surface area contributed by atoms with Crippen molar-refractivity contribution in [2.75, 3.05) is 17.7 Å². The highest BCUT2D eigenvalue weighted by molar-refractivity contribution is 6.32. The summed E-state index contributed by atoms with van der Waals surface area (Å²) in [7, 11) is 1.62. The number of anilines is 2. The third-order valence-electron chi connectivity index (χ3n) is 4.58. The second-order valence-corrected chi connectivity index (χ2v) is 6.99. The molecule has 1 aliphatic heterocycles. The fraction of sp³-hybridized carbons (Fsp3) is 0.412. The van der Waals surface area contributed by atoms with Crippen molar-refractivity contribution >= 4 is 29.3 Å². The average Bonchev–Trinajstić information content (AvgIpc) is 2.70. The summed E-state index contributed by atoms with van der Waals surface area (Å²) in [5.74, 6) is 1.11. The number of methoxy groups -OCH3 is 1. The van der Waals surface area contributed by atoms with Gasteiger partial charge in [0.05, 0.1) is 24.8 Å². The van der Waals surface area contributed by atoms with Crippen molar-refractivity contribution < 1.29 is 9.53 Å². The standard InChI is InChI=1S/C17H20ClN5O2/c1-8-6-20-10(9(2)12(8)25-5)7-23-14-11(17(3,4)15(23)24)13(18)21-16(19)22-14/h6H,7H2,1-5H3,(H2,19,21,22). The van der Waals surface area contributed by atoms with Gasteiger partial charge in [0.2, 0.25) is 11.9 Å². The van der Waals surface area contributed by atoms with Crippen LogP contribution in [0.4, 0.5) is 11.8 Å². The van der Waals surface area contributed by atoms with Crippen LogP contribution in [0.3, 0.4) is 0 Å². The quantitative estimate of drug-likeness (QED) is 0.844. The van der Waals surface area contributed by atoms with Gasteiger partial charge in [-0.25, -0.2) is 4.98 Å². The predicted octanol–water partition coefficient (Wildman–Crippen LogP) is 2.56. The Morgan fingerprint density at radius 2 is 2.00 bits per heavy atom. The van der Waals surface area contributed by atoms with Gasteiger partial charge in [0, 0.05) is 22.9 Å². The van der Waals surface area contributed by atoms with Crippen LogP contribution in [0, 0.1) is 13.8 Å². The molecule has 2 N–H and O–H groups in total. The maximum absolute atomic E-state index is 13.0. The van der Waals surface area contributed by atoms with Gasteiger partial charge in [-0.1, -0.05) is 11.6 Å². The highest BCUT2D eigenvalue weighted by Gasteiger charge is 2.47. The van der Waals surface area contributed by atoms with E-state index in [1.807, 2.05) is 13.8 Å². The molecule has 1 amide bonds. The first-order chi connectivity index (χ1) is 11.7. The van der Waals surface area contributed by atoms with E-state index in [-0.39, 0.29) is 23.6 Å². The fourth-order valence-corrected chi connectivity index (χ4v) is 3.65. The molecule has 8 heteroatoms. The van der Waals surface area contributed by atoms with Crippen molar-refractivity contribution in [3.05, 3.63) is 33.7 Å². The number of carbonyl (C=O) groups is 1. The number of hydrogen-bond acceptors (Lipinski definition) is 6. The van der Waals surface area contributed by atoms with Crippen LogP contribution in [0.1, 0.15) is 36.2 Å². The normalized spacial score (nSPS) is 15.4. The molecule has 2 aromatic heterocycles. The van der Waals surface area contributed by atoms with Crippen LogP contribution in [0.5, 0.6) is 5.75 Å². The lowest BCUT2D eigenvalue weighted by Crippen LogP contribution is -2.36. The zero-order chi connectivity index (χ0) is 18.5. The number of aryl methyl sites for hydroxylation is 1. The van der Waals surface area contributed by atoms with E-state index in [0.29, 0.717) is 11.4 Å². The molecule has 3 heterocycles. The summed E-state index contributed by atoms with van der Waals surface area (Å²) in [6.45, 7) is 7.70. The Bertz CT molecular complexity index is 882. The van der Waals surface area contributed by atoms with Gasteiger partial charge >= 0.3 is 0 Å². The minimum absolute atomic E-state index is 0.0328. The Balaban J connectivity index is 2.10. The van der Waals surface area contributed by atoms with Gasteiger partial charge in [0.1, 0.15) is 16.7 Å². The first-order valence-electron chi connectivity index (χ1n) is 7.83. The molecule has 1 aliphatic rings. The number of amides is 1. The Labute approximate surface area is 151 Å². The van der Waals surface area contributed by atoms with Gasteiger partial charge in [-0.3, -0.25) is 14.7 Å². The Kier molecular flexibility index (Phi) is 4.07. The SMILES string of the molecule is COc1c(C)cnc(CN2C(=O)C(C)(C)c3c(Cl)nc(N)nc32)c1C. The molecule has 2 aromatic rings. The second-order valence-electron chi connectivity index (χ2n) is 6.63. The molecule has 0 fully saturated rings. The lowest BCUT2D eigenvalue weighted by atomic mass is 9.88. The second kappa shape index (κ2) is 5.84. The van der Waals surface area contributed by atoms with Crippen molar-refractivity contribution in [3.63, 3.8) is 0 Å². The zero-order valence-electron chi connectivity index (χ0n) is 14.8. The Morgan fingerprint density at radius 3 is 2.64 bits per heavy atom. The zero-order valence-corrected chi connectivity index (χ0v) is 15.6. The molecule has 0 aliphatic carbocycles. The van der Waals surface area contributed by atoms with Gasteiger partial charge in [-0.05, 0) is 27.7 Å². The van der Waals surface area contributed by atoms with Gasteiger partial charge < -0.3 is 10.5 Å². The van der Waals surface area contributed by atoms with Crippen molar-refractivity contribution in [2.24, 2.45) is 0 Å². The molecule has 0 spiro atoms. The predicted molar refractivity (Wildman–Crippen MR) is 95.9 cm³/mol. The van der Waals surface area contributed by atoms with Gasteiger partial charge in [-0.2, -0.15) is 4.98 Å². The highest BCUT2D eigenvalue weighted by atomic mass is 35.5. The molecule has 0 unspecified atom stereocenters. The molecular weight excluding hydrogens is 342 g/mol. The fourth-order valence-electron chi connectivity index (χ4n) is 3.24. The molecule has 25 heavy (non-hydrogen) atoms. The van der Waals surface area contributed by atoms with Crippen LogP contribution in [0.25, 0.3) is 0 Å². The Hall–Kier alpha value is -2.41. The summed E-state index contributed by atoms with van der Waals surface area (Å²) in [6.07, 6.45) is 1.73. The van der Waals surface area contributed by atoms with E-state index < -0.39 is 5.41 Å². The summed E-state index contributed by atoms with van der Waals surface area (Å²) in [5, 5.41) is 0.203. The number of fused-ring (bicyclic) bond motifs is 1. The molecule has 0 saturated carbocycles. The molecule has 7 nitrogen and oxygen atoms in total. The highest BCUT2D eigenvalue weighted by Crippen LogP contribution is 2.44. The molecule has 132 valence electrons. The molecule has 0 atom stereocenters. The minimum Gasteiger partial charge on any atom is -0.496 e. The number of pyridine rings is 1. The number of aromatic nitrogens is 3. The maximum atomic E-state index is 13.0. The van der Waals surface area contributed by atoms with Crippen molar-refractivity contribution in [1.29, 1.82) is 0 Å². The molecule has 0 radical (unpaired) electrons. The van der Waals surface area contributed by atoms with E-state index >= 15 is 0 Å². The topological polar surface area (TPSA) is 94.2 Å². The van der Waals surface area contributed by atoms with E-state index in [4.69, 9.17) is 22.1 Å². The van der Waals surface area contributed by atoms with E-state index in [9.17, 15) is 4.79 Å². The summed E-state index contributed by atoms with van der Waals surface area (Å²) in [6, 6.07) is 0. The minimum atomic E-state index is -0.831. The van der Waals surface area contributed by atoms with Gasteiger partial charge in [0.15, 0.2) is 0 Å². The summed E-state index contributed by atoms with van der Waals surface area (Å²) < 4.78 is 5.45. The summed E-state index contributed by atoms with van der Waals surface area (Å²) in [5.41, 5.74) is 8.04. The van der Waals surface area contributed by atoms with Crippen LogP contribution in [-0.4, -0.2) is 28.0 Å². The maximum Gasteiger partial charge on any atom is 0.238 e. The molecule has 0 aromatic carbocycles. The summed E-state index contributed by atoms with van der Waals surface area (Å²) >= 11 is 6.25. The number of carbonyl (C=O) groups excluding carboxylic acids is 1. The molecular formula is C17H20ClN5O2. The lowest BCUT2D eigenvalue weighted by Gasteiger charge is -2.21. The molecule has 0 bridgehead atoms. The number of rotatable bonds is 3. The third kappa shape index (κ3) is 2.59. The number of ether oxygens (including phenoxy) is 1.